The van der Waals surface area contributed by atoms with Gasteiger partial charge >= 0.3 is 0 Å². The summed E-state index contributed by atoms with van der Waals surface area (Å²) in [4.78, 5) is 19.7. The number of nitrogens with zero attached hydrogens (tertiary/aromatic N) is 1. The standard InChI is InChI=1S/C16H16N4O/c1-9-7-10(2)12(17)8-11(9)15(21)20-16-18-13-5-3-4-6-14(13)19-16/h3-8H,17H2,1-2H3,(H2,18,19,20,21). The van der Waals surface area contributed by atoms with Crippen LogP contribution in [0.3, 0.4) is 0 Å². The Bertz CT molecular complexity index is 802. The van der Waals surface area contributed by atoms with E-state index in [4.69, 9.17) is 5.73 Å². The summed E-state index contributed by atoms with van der Waals surface area (Å²) in [5.74, 6) is 0.206. The zero-order chi connectivity index (χ0) is 15.0. The number of nitrogens with one attached hydrogen (secondary N) is 2. The minimum Gasteiger partial charge on any atom is -0.398 e. The number of hydrogen-bond donors (Lipinski definition) is 3. The van der Waals surface area contributed by atoms with Gasteiger partial charge in [0.25, 0.3) is 5.91 Å². The molecule has 21 heavy (non-hydrogen) atoms. The number of aromatic amines is 1. The Balaban J connectivity index is 1.91. The van der Waals surface area contributed by atoms with Crippen molar-refractivity contribution in [1.82, 2.24) is 9.97 Å². The summed E-state index contributed by atoms with van der Waals surface area (Å²) in [5, 5.41) is 2.77. The summed E-state index contributed by atoms with van der Waals surface area (Å²) in [7, 11) is 0. The fourth-order valence-corrected chi connectivity index (χ4v) is 2.30. The lowest BCUT2D eigenvalue weighted by Gasteiger charge is -2.08. The first-order chi connectivity index (χ1) is 10.0. The monoisotopic (exact) mass is 280 g/mol. The van der Waals surface area contributed by atoms with Gasteiger partial charge in [0, 0.05) is 11.3 Å². The van der Waals surface area contributed by atoms with Crippen molar-refractivity contribution >= 4 is 28.6 Å². The van der Waals surface area contributed by atoms with Gasteiger partial charge in [0.15, 0.2) is 0 Å². The number of H-pyrrole nitrogens is 1. The normalized spacial score (nSPS) is 10.8. The molecule has 3 rings (SSSR count). The van der Waals surface area contributed by atoms with Crippen molar-refractivity contribution in [1.29, 1.82) is 0 Å². The maximum atomic E-state index is 12.3. The van der Waals surface area contributed by atoms with Crippen molar-refractivity contribution in [3.63, 3.8) is 0 Å². The molecule has 0 aliphatic rings. The maximum absolute atomic E-state index is 12.3. The highest BCUT2D eigenvalue weighted by molar-refractivity contribution is 6.05. The molecule has 0 bridgehead atoms. The van der Waals surface area contributed by atoms with E-state index in [2.05, 4.69) is 15.3 Å². The predicted molar refractivity (Wildman–Crippen MR) is 84.4 cm³/mol. The molecule has 0 saturated carbocycles. The molecule has 0 aliphatic heterocycles. The number of para-hydroxylation sites is 2. The Morgan fingerprint density at radius 1 is 1.19 bits per heavy atom. The second kappa shape index (κ2) is 4.94. The molecule has 5 heteroatoms. The minimum absolute atomic E-state index is 0.224. The molecular weight excluding hydrogens is 264 g/mol. The van der Waals surface area contributed by atoms with Gasteiger partial charge in [-0.2, -0.15) is 0 Å². The molecule has 3 aromatic rings. The van der Waals surface area contributed by atoms with E-state index in [-0.39, 0.29) is 5.91 Å². The highest BCUT2D eigenvalue weighted by Gasteiger charge is 2.13. The second-order valence-electron chi connectivity index (χ2n) is 5.08. The molecule has 0 radical (unpaired) electrons. The van der Waals surface area contributed by atoms with Gasteiger partial charge in [0.05, 0.1) is 11.0 Å². The van der Waals surface area contributed by atoms with Crippen LogP contribution in [-0.2, 0) is 0 Å². The van der Waals surface area contributed by atoms with E-state index in [1.54, 1.807) is 6.07 Å². The Morgan fingerprint density at radius 3 is 2.71 bits per heavy atom. The predicted octanol–water partition coefficient (Wildman–Crippen LogP) is 3.01. The van der Waals surface area contributed by atoms with Crippen LogP contribution >= 0.6 is 0 Å². The van der Waals surface area contributed by atoms with Gasteiger partial charge in [0.1, 0.15) is 0 Å². The van der Waals surface area contributed by atoms with Gasteiger partial charge in [-0.05, 0) is 43.2 Å². The van der Waals surface area contributed by atoms with Crippen molar-refractivity contribution in [3.05, 3.63) is 53.1 Å². The number of carbonyl (C=O) groups is 1. The zero-order valence-corrected chi connectivity index (χ0v) is 11.9. The van der Waals surface area contributed by atoms with Crippen LogP contribution in [0, 0.1) is 13.8 Å². The van der Waals surface area contributed by atoms with Crippen LogP contribution in [0.15, 0.2) is 36.4 Å². The Kier molecular flexibility index (Phi) is 3.10. The largest absolute Gasteiger partial charge is 0.398 e. The van der Waals surface area contributed by atoms with Crippen molar-refractivity contribution in [2.24, 2.45) is 0 Å². The number of aryl methyl sites for hydroxylation is 2. The molecule has 0 fully saturated rings. The van der Waals surface area contributed by atoms with Crippen molar-refractivity contribution < 1.29 is 4.79 Å². The summed E-state index contributed by atoms with van der Waals surface area (Å²) < 4.78 is 0. The highest BCUT2D eigenvalue weighted by atomic mass is 16.1. The van der Waals surface area contributed by atoms with Crippen LogP contribution < -0.4 is 11.1 Å². The average molecular weight is 280 g/mol. The van der Waals surface area contributed by atoms with Crippen LogP contribution in [0.4, 0.5) is 11.6 Å². The SMILES string of the molecule is Cc1cc(C)c(C(=O)Nc2nc3ccccc3[nH]2)cc1N. The van der Waals surface area contributed by atoms with Gasteiger partial charge in [0.2, 0.25) is 5.95 Å². The van der Waals surface area contributed by atoms with E-state index in [1.165, 1.54) is 0 Å². The van der Waals surface area contributed by atoms with E-state index < -0.39 is 0 Å². The summed E-state index contributed by atoms with van der Waals surface area (Å²) in [5.41, 5.74) is 10.6. The van der Waals surface area contributed by atoms with Crippen LogP contribution in [-0.4, -0.2) is 15.9 Å². The number of nitrogens with two attached hydrogens (primary N) is 1. The molecule has 2 aromatic carbocycles. The number of benzene rings is 2. The summed E-state index contributed by atoms with van der Waals surface area (Å²) in [6.07, 6.45) is 0. The van der Waals surface area contributed by atoms with Gasteiger partial charge in [-0.1, -0.05) is 18.2 Å². The number of rotatable bonds is 2. The minimum atomic E-state index is -0.224. The maximum Gasteiger partial charge on any atom is 0.258 e. The first kappa shape index (κ1) is 13.2. The molecule has 0 atom stereocenters. The van der Waals surface area contributed by atoms with Gasteiger partial charge < -0.3 is 10.7 Å². The fraction of sp³-hybridized carbons (Fsp3) is 0.125. The number of imidazole rings is 1. The Hall–Kier alpha value is -2.82. The molecule has 0 saturated heterocycles. The first-order valence-electron chi connectivity index (χ1n) is 6.67. The lowest BCUT2D eigenvalue weighted by atomic mass is 10.0. The third-order valence-electron chi connectivity index (χ3n) is 3.48. The molecule has 1 heterocycles. The van der Waals surface area contributed by atoms with E-state index in [0.717, 1.165) is 22.2 Å². The van der Waals surface area contributed by atoms with Crippen LogP contribution in [0.2, 0.25) is 0 Å². The van der Waals surface area contributed by atoms with Gasteiger partial charge in [-0.15, -0.1) is 0 Å². The average Bonchev–Trinajstić information content (AvgIpc) is 2.84. The Morgan fingerprint density at radius 2 is 1.95 bits per heavy atom. The topological polar surface area (TPSA) is 83.8 Å². The molecule has 0 spiro atoms. The van der Waals surface area contributed by atoms with Crippen molar-refractivity contribution in [2.45, 2.75) is 13.8 Å². The molecule has 106 valence electrons. The van der Waals surface area contributed by atoms with Crippen LogP contribution in [0.5, 0.6) is 0 Å². The van der Waals surface area contributed by atoms with Crippen molar-refractivity contribution in [2.75, 3.05) is 11.1 Å². The quantitative estimate of drug-likeness (QED) is 0.631. The lowest BCUT2D eigenvalue weighted by Crippen LogP contribution is -2.15. The smallest absolute Gasteiger partial charge is 0.258 e. The number of amides is 1. The molecule has 4 N–H and O–H groups in total. The number of nitrogen functional groups attached to an aromatic ring is 1. The molecule has 0 aliphatic carbocycles. The lowest BCUT2D eigenvalue weighted by molar-refractivity contribution is 0.102. The number of fused-ring (bicyclic) bond motifs is 1. The fourth-order valence-electron chi connectivity index (χ4n) is 2.30. The summed E-state index contributed by atoms with van der Waals surface area (Å²) >= 11 is 0. The zero-order valence-electron chi connectivity index (χ0n) is 11.9. The highest BCUT2D eigenvalue weighted by Crippen LogP contribution is 2.19. The summed E-state index contributed by atoms with van der Waals surface area (Å²) in [6, 6.07) is 11.2. The third kappa shape index (κ3) is 2.45. The summed E-state index contributed by atoms with van der Waals surface area (Å²) in [6.45, 7) is 3.81. The number of aromatic nitrogens is 2. The number of carbonyl (C=O) groups excluding carboxylic acids is 1. The van der Waals surface area contributed by atoms with Gasteiger partial charge in [-0.25, -0.2) is 4.98 Å². The second-order valence-corrected chi connectivity index (χ2v) is 5.08. The van der Waals surface area contributed by atoms with Crippen molar-refractivity contribution in [3.8, 4) is 0 Å². The molecule has 1 aromatic heterocycles. The molecular formula is C16H16N4O. The Labute approximate surface area is 122 Å². The van der Waals surface area contributed by atoms with Crippen LogP contribution in [0.25, 0.3) is 11.0 Å². The molecule has 0 unspecified atom stereocenters. The van der Waals surface area contributed by atoms with E-state index in [1.807, 2.05) is 44.2 Å². The number of hydrogen-bond acceptors (Lipinski definition) is 3. The molecule has 5 nitrogen and oxygen atoms in total. The van der Waals surface area contributed by atoms with Gasteiger partial charge in [-0.3, -0.25) is 10.1 Å². The first-order valence-corrected chi connectivity index (χ1v) is 6.67. The van der Waals surface area contributed by atoms with Crippen LogP contribution in [0.1, 0.15) is 21.5 Å². The van der Waals surface area contributed by atoms with E-state index in [0.29, 0.717) is 17.2 Å². The van der Waals surface area contributed by atoms with E-state index >= 15 is 0 Å². The molecule has 1 amide bonds. The van der Waals surface area contributed by atoms with E-state index in [9.17, 15) is 4.79 Å². The number of anilines is 2. The third-order valence-corrected chi connectivity index (χ3v) is 3.48.